The van der Waals surface area contributed by atoms with E-state index in [1.54, 1.807) is 17.2 Å². The maximum absolute atomic E-state index is 12.9. The summed E-state index contributed by atoms with van der Waals surface area (Å²) in [4.78, 5) is 34.8. The van der Waals surface area contributed by atoms with Crippen molar-refractivity contribution in [2.45, 2.75) is 0 Å². The first-order valence-electron chi connectivity index (χ1n) is 10.6. The van der Waals surface area contributed by atoms with Crippen LogP contribution in [0.4, 0.5) is 23.1 Å². The SMILES string of the molecule is C=CCN1C(=O)c2cnc(Nc3ccc(N4CCN(C)CC4)cc3)nc2N2CCN=C12. The molecule has 1 amide bonds. The first-order valence-corrected chi connectivity index (χ1v) is 10.6. The van der Waals surface area contributed by atoms with Gasteiger partial charge in [-0.25, -0.2) is 4.98 Å². The molecule has 1 aromatic carbocycles. The predicted molar refractivity (Wildman–Crippen MR) is 122 cm³/mol. The van der Waals surface area contributed by atoms with Gasteiger partial charge in [0.2, 0.25) is 11.9 Å². The van der Waals surface area contributed by atoms with E-state index in [0.29, 0.717) is 42.9 Å². The monoisotopic (exact) mass is 418 g/mol. The Morgan fingerprint density at radius 3 is 2.65 bits per heavy atom. The number of benzene rings is 1. The number of amides is 1. The average Bonchev–Trinajstić information content (AvgIpc) is 3.28. The number of carbonyl (C=O) groups is 1. The molecule has 3 aliphatic heterocycles. The number of nitrogens with zero attached hydrogens (tertiary/aromatic N) is 7. The van der Waals surface area contributed by atoms with E-state index in [-0.39, 0.29) is 5.91 Å². The van der Waals surface area contributed by atoms with Gasteiger partial charge in [-0.05, 0) is 31.3 Å². The van der Waals surface area contributed by atoms with Crippen LogP contribution < -0.4 is 15.1 Å². The largest absolute Gasteiger partial charge is 0.369 e. The van der Waals surface area contributed by atoms with Gasteiger partial charge in [-0.3, -0.25) is 19.6 Å². The van der Waals surface area contributed by atoms with Crippen molar-refractivity contribution in [2.24, 2.45) is 4.99 Å². The van der Waals surface area contributed by atoms with Gasteiger partial charge in [0.1, 0.15) is 5.56 Å². The second-order valence-electron chi connectivity index (χ2n) is 7.93. The van der Waals surface area contributed by atoms with Crippen molar-refractivity contribution in [3.05, 3.63) is 48.7 Å². The number of fused-ring (bicyclic) bond motifs is 3. The van der Waals surface area contributed by atoms with E-state index in [9.17, 15) is 4.79 Å². The molecule has 0 bridgehead atoms. The summed E-state index contributed by atoms with van der Waals surface area (Å²) in [5.41, 5.74) is 2.61. The fourth-order valence-electron chi connectivity index (χ4n) is 4.14. The van der Waals surface area contributed by atoms with Crippen LogP contribution in [0.1, 0.15) is 10.4 Å². The van der Waals surface area contributed by atoms with Crippen LogP contribution in [0.5, 0.6) is 0 Å². The first kappa shape index (κ1) is 19.5. The van der Waals surface area contributed by atoms with Gasteiger partial charge in [0.25, 0.3) is 5.91 Å². The molecule has 9 nitrogen and oxygen atoms in total. The summed E-state index contributed by atoms with van der Waals surface area (Å²) in [5.74, 6) is 1.56. The Labute approximate surface area is 181 Å². The summed E-state index contributed by atoms with van der Waals surface area (Å²) in [6.45, 7) is 9.71. The lowest BCUT2D eigenvalue weighted by Crippen LogP contribution is -2.50. The molecular weight excluding hydrogens is 392 g/mol. The summed E-state index contributed by atoms with van der Waals surface area (Å²) < 4.78 is 0. The minimum atomic E-state index is -0.144. The van der Waals surface area contributed by atoms with Crippen molar-refractivity contribution in [1.29, 1.82) is 0 Å². The van der Waals surface area contributed by atoms with Crippen molar-refractivity contribution in [2.75, 3.05) is 68.0 Å². The number of nitrogens with one attached hydrogen (secondary N) is 1. The van der Waals surface area contributed by atoms with Gasteiger partial charge < -0.3 is 15.1 Å². The van der Waals surface area contributed by atoms with Crippen LogP contribution in [-0.4, -0.2) is 84.5 Å². The molecule has 0 unspecified atom stereocenters. The van der Waals surface area contributed by atoms with Gasteiger partial charge in [-0.15, -0.1) is 6.58 Å². The normalized spacial score (nSPS) is 18.5. The highest BCUT2D eigenvalue weighted by molar-refractivity contribution is 6.18. The number of rotatable bonds is 5. The molecule has 4 heterocycles. The molecule has 0 saturated carbocycles. The lowest BCUT2D eigenvalue weighted by atomic mass is 10.2. The van der Waals surface area contributed by atoms with Crippen LogP contribution in [0.3, 0.4) is 0 Å². The molecule has 2 aromatic rings. The van der Waals surface area contributed by atoms with E-state index < -0.39 is 0 Å². The summed E-state index contributed by atoms with van der Waals surface area (Å²) in [6, 6.07) is 8.31. The van der Waals surface area contributed by atoms with Crippen molar-refractivity contribution in [3.63, 3.8) is 0 Å². The second kappa shape index (κ2) is 7.99. The third-order valence-corrected chi connectivity index (χ3v) is 5.86. The van der Waals surface area contributed by atoms with Crippen molar-refractivity contribution < 1.29 is 4.79 Å². The smallest absolute Gasteiger partial charge is 0.266 e. The summed E-state index contributed by atoms with van der Waals surface area (Å²) >= 11 is 0. The first-order chi connectivity index (χ1) is 15.1. The summed E-state index contributed by atoms with van der Waals surface area (Å²) in [5, 5.41) is 3.27. The average molecular weight is 419 g/mol. The highest BCUT2D eigenvalue weighted by Crippen LogP contribution is 2.30. The van der Waals surface area contributed by atoms with Crippen LogP contribution in [-0.2, 0) is 0 Å². The molecule has 0 atom stereocenters. The van der Waals surface area contributed by atoms with E-state index >= 15 is 0 Å². The van der Waals surface area contributed by atoms with Crippen LogP contribution in [0, 0.1) is 0 Å². The predicted octanol–water partition coefficient (Wildman–Crippen LogP) is 1.79. The third kappa shape index (κ3) is 3.61. The summed E-state index contributed by atoms with van der Waals surface area (Å²) in [6.07, 6.45) is 3.29. The Morgan fingerprint density at radius 1 is 1.13 bits per heavy atom. The zero-order valence-electron chi connectivity index (χ0n) is 17.7. The molecule has 1 N–H and O–H groups in total. The van der Waals surface area contributed by atoms with Gasteiger partial charge in [0.05, 0.1) is 6.54 Å². The Kier molecular flexibility index (Phi) is 5.03. The highest BCUT2D eigenvalue weighted by atomic mass is 16.2. The van der Waals surface area contributed by atoms with E-state index in [1.807, 2.05) is 17.0 Å². The molecule has 0 spiro atoms. The fraction of sp³-hybridized carbons (Fsp3) is 0.364. The maximum Gasteiger partial charge on any atom is 0.266 e. The van der Waals surface area contributed by atoms with Gasteiger partial charge in [-0.1, -0.05) is 6.08 Å². The lowest BCUT2D eigenvalue weighted by molar-refractivity contribution is 0.0851. The maximum atomic E-state index is 12.9. The van der Waals surface area contributed by atoms with Gasteiger partial charge in [0.15, 0.2) is 5.82 Å². The van der Waals surface area contributed by atoms with E-state index in [0.717, 1.165) is 31.9 Å². The number of aromatic nitrogens is 2. The van der Waals surface area contributed by atoms with Gasteiger partial charge in [-0.2, -0.15) is 4.98 Å². The zero-order valence-corrected chi connectivity index (χ0v) is 17.7. The van der Waals surface area contributed by atoms with Crippen LogP contribution >= 0.6 is 0 Å². The molecule has 0 radical (unpaired) electrons. The topological polar surface area (TPSA) is 80.2 Å². The number of carbonyl (C=O) groups excluding carboxylic acids is 1. The van der Waals surface area contributed by atoms with Crippen molar-refractivity contribution >= 4 is 35.0 Å². The molecule has 1 saturated heterocycles. The number of hydrogen-bond donors (Lipinski definition) is 1. The van der Waals surface area contributed by atoms with Crippen molar-refractivity contribution in [3.8, 4) is 0 Å². The number of anilines is 4. The quantitative estimate of drug-likeness (QED) is 0.742. The molecule has 5 rings (SSSR count). The number of guanidine groups is 1. The minimum absolute atomic E-state index is 0.144. The molecular formula is C22H26N8O. The van der Waals surface area contributed by atoms with Gasteiger partial charge >= 0.3 is 0 Å². The third-order valence-electron chi connectivity index (χ3n) is 5.86. The second-order valence-corrected chi connectivity index (χ2v) is 7.93. The van der Waals surface area contributed by atoms with Crippen LogP contribution in [0.25, 0.3) is 0 Å². The Bertz CT molecular complexity index is 1030. The van der Waals surface area contributed by atoms with Crippen molar-refractivity contribution in [1.82, 2.24) is 19.8 Å². The number of likely N-dealkylation sites (N-methyl/N-ethyl adjacent to an activating group) is 1. The standard InChI is InChI=1S/C22H26N8O/c1-3-9-30-20(31)18-15-24-21(26-19(18)29-10-8-23-22(29)30)25-16-4-6-17(7-5-16)28-13-11-27(2)12-14-28/h3-7,15H,1,8-14H2,2H3,(H,24,25,26). The van der Waals surface area contributed by atoms with E-state index in [1.165, 1.54) is 5.69 Å². The van der Waals surface area contributed by atoms with Gasteiger partial charge in [0, 0.05) is 56.8 Å². The molecule has 31 heavy (non-hydrogen) atoms. The fourth-order valence-corrected chi connectivity index (χ4v) is 4.14. The molecule has 160 valence electrons. The Hall–Kier alpha value is -3.46. The van der Waals surface area contributed by atoms with E-state index in [2.05, 4.69) is 55.8 Å². The number of piperazine rings is 1. The number of hydrogen-bond acceptors (Lipinski definition) is 8. The molecule has 1 fully saturated rings. The molecule has 3 aliphatic rings. The molecule has 1 aromatic heterocycles. The van der Waals surface area contributed by atoms with Crippen LogP contribution in [0.15, 0.2) is 48.1 Å². The molecule has 0 aliphatic carbocycles. The zero-order chi connectivity index (χ0) is 21.4. The molecule has 9 heteroatoms. The summed E-state index contributed by atoms with van der Waals surface area (Å²) in [7, 11) is 2.16. The minimum Gasteiger partial charge on any atom is -0.369 e. The number of aliphatic imine (C=N–C) groups is 1. The highest BCUT2D eigenvalue weighted by Gasteiger charge is 2.38. The Morgan fingerprint density at radius 2 is 1.90 bits per heavy atom. The van der Waals surface area contributed by atoms with E-state index in [4.69, 9.17) is 0 Å². The van der Waals surface area contributed by atoms with Crippen LogP contribution in [0.2, 0.25) is 0 Å². The Balaban J connectivity index is 1.35. The lowest BCUT2D eigenvalue weighted by Gasteiger charge is -2.34.